The lowest BCUT2D eigenvalue weighted by molar-refractivity contribution is -0.126. The summed E-state index contributed by atoms with van der Waals surface area (Å²) >= 11 is 0. The molecule has 1 aliphatic rings. The molecule has 1 heterocycles. The van der Waals surface area contributed by atoms with Gasteiger partial charge in [-0.2, -0.15) is 8.78 Å². The van der Waals surface area contributed by atoms with E-state index in [-0.39, 0.29) is 11.5 Å². The van der Waals surface area contributed by atoms with Crippen molar-refractivity contribution in [1.82, 2.24) is 0 Å². The van der Waals surface area contributed by atoms with E-state index in [1.54, 1.807) is 4.90 Å². The van der Waals surface area contributed by atoms with E-state index in [1.807, 2.05) is 24.3 Å². The second kappa shape index (κ2) is 7.67. The number of esters is 1. The highest BCUT2D eigenvalue weighted by atomic mass is 32.2. The Morgan fingerprint density at radius 2 is 1.71 bits per heavy atom. The Labute approximate surface area is 160 Å². The van der Waals surface area contributed by atoms with Gasteiger partial charge >= 0.3 is 11.7 Å². The number of sulfone groups is 1. The predicted molar refractivity (Wildman–Crippen MR) is 97.0 cm³/mol. The molecule has 1 atom stereocenters. The molecule has 0 radical (unpaired) electrons. The summed E-state index contributed by atoms with van der Waals surface area (Å²) in [4.78, 5) is 25.8. The molecule has 0 N–H and O–H groups in total. The number of hydrogen-bond donors (Lipinski definition) is 0. The van der Waals surface area contributed by atoms with Crippen LogP contribution in [0.15, 0.2) is 53.4 Å². The number of anilines is 1. The standard InChI is InChI=1S/C19H17F2NO5S/c1-12(17(23)22-11-10-13-4-2-3-5-16(13)22)27-18(24)14-6-8-15(9-7-14)28(25,26)19(20)21/h2-9,12,19H,10-11H2,1H3/t12-/m1/s1. The fourth-order valence-corrected chi connectivity index (χ4v) is 3.67. The number of carbonyl (C=O) groups is 2. The Morgan fingerprint density at radius 3 is 2.36 bits per heavy atom. The lowest BCUT2D eigenvalue weighted by Gasteiger charge is -2.21. The fourth-order valence-electron chi connectivity index (χ4n) is 2.95. The molecule has 2 aromatic carbocycles. The van der Waals surface area contributed by atoms with Crippen molar-refractivity contribution in [3.8, 4) is 0 Å². The Balaban J connectivity index is 1.69. The molecule has 9 heteroatoms. The first-order valence-corrected chi connectivity index (χ1v) is 9.99. The normalized spacial score (nSPS) is 14.6. The van der Waals surface area contributed by atoms with Gasteiger partial charge in [0.15, 0.2) is 6.10 Å². The molecule has 0 aliphatic carbocycles. The molecule has 0 unspecified atom stereocenters. The van der Waals surface area contributed by atoms with E-state index >= 15 is 0 Å². The van der Waals surface area contributed by atoms with Crippen molar-refractivity contribution in [2.24, 2.45) is 0 Å². The summed E-state index contributed by atoms with van der Waals surface area (Å²) in [6.07, 6.45) is -0.356. The summed E-state index contributed by atoms with van der Waals surface area (Å²) in [5.74, 6) is -4.78. The summed E-state index contributed by atoms with van der Waals surface area (Å²) in [5, 5.41) is 0. The Morgan fingerprint density at radius 1 is 1.07 bits per heavy atom. The smallest absolute Gasteiger partial charge is 0.341 e. The molecule has 1 amide bonds. The molecule has 2 aromatic rings. The van der Waals surface area contributed by atoms with E-state index in [0.717, 1.165) is 35.5 Å². The number of para-hydroxylation sites is 1. The van der Waals surface area contributed by atoms with Gasteiger partial charge in [-0.25, -0.2) is 13.2 Å². The van der Waals surface area contributed by atoms with E-state index in [9.17, 15) is 26.8 Å². The van der Waals surface area contributed by atoms with Gasteiger partial charge in [-0.3, -0.25) is 4.79 Å². The number of ether oxygens (including phenoxy) is 1. The number of fused-ring (bicyclic) bond motifs is 1. The summed E-state index contributed by atoms with van der Waals surface area (Å²) in [7, 11) is -4.74. The van der Waals surface area contributed by atoms with Crippen LogP contribution in [0.4, 0.5) is 14.5 Å². The monoisotopic (exact) mass is 409 g/mol. The minimum absolute atomic E-state index is 0.0466. The van der Waals surface area contributed by atoms with Crippen LogP contribution in [-0.2, 0) is 25.8 Å². The Hall–Kier alpha value is -2.81. The zero-order valence-electron chi connectivity index (χ0n) is 14.8. The van der Waals surface area contributed by atoms with Gasteiger partial charge < -0.3 is 9.64 Å². The highest BCUT2D eigenvalue weighted by Gasteiger charge is 2.30. The quantitative estimate of drug-likeness (QED) is 0.710. The summed E-state index contributed by atoms with van der Waals surface area (Å²) in [6.45, 7) is 1.93. The minimum Gasteiger partial charge on any atom is -0.449 e. The van der Waals surface area contributed by atoms with E-state index in [2.05, 4.69) is 0 Å². The van der Waals surface area contributed by atoms with E-state index in [1.165, 1.54) is 6.92 Å². The van der Waals surface area contributed by atoms with E-state index in [4.69, 9.17) is 4.74 Å². The number of amides is 1. The van der Waals surface area contributed by atoms with Crippen molar-refractivity contribution in [3.63, 3.8) is 0 Å². The first-order chi connectivity index (χ1) is 13.2. The van der Waals surface area contributed by atoms with Crippen LogP contribution >= 0.6 is 0 Å². The average molecular weight is 409 g/mol. The molecular weight excluding hydrogens is 392 g/mol. The van der Waals surface area contributed by atoms with Crippen LogP contribution in [-0.4, -0.2) is 38.7 Å². The number of alkyl halides is 2. The number of hydrogen-bond acceptors (Lipinski definition) is 5. The third-order valence-electron chi connectivity index (χ3n) is 4.44. The van der Waals surface area contributed by atoms with Gasteiger partial charge in [0.05, 0.1) is 10.5 Å². The van der Waals surface area contributed by atoms with Crippen molar-refractivity contribution >= 4 is 27.4 Å². The van der Waals surface area contributed by atoms with E-state index < -0.39 is 32.6 Å². The van der Waals surface area contributed by atoms with Crippen molar-refractivity contribution in [1.29, 1.82) is 0 Å². The van der Waals surface area contributed by atoms with Gasteiger partial charge in [0.25, 0.3) is 5.91 Å². The maximum Gasteiger partial charge on any atom is 0.341 e. The molecule has 3 rings (SSSR count). The SMILES string of the molecule is C[C@@H](OC(=O)c1ccc(S(=O)(=O)C(F)F)cc1)C(=O)N1CCc2ccccc21. The van der Waals surface area contributed by atoms with Gasteiger partial charge in [-0.15, -0.1) is 0 Å². The van der Waals surface area contributed by atoms with Crippen LogP contribution in [0.1, 0.15) is 22.8 Å². The molecule has 6 nitrogen and oxygen atoms in total. The number of benzene rings is 2. The van der Waals surface area contributed by atoms with Gasteiger partial charge in [-0.1, -0.05) is 18.2 Å². The highest BCUT2D eigenvalue weighted by molar-refractivity contribution is 7.91. The molecule has 0 spiro atoms. The van der Waals surface area contributed by atoms with Gasteiger partial charge in [0, 0.05) is 12.2 Å². The second-order valence-corrected chi connectivity index (χ2v) is 8.16. The molecular formula is C19H17F2NO5S. The number of nitrogens with zero attached hydrogens (tertiary/aromatic N) is 1. The summed E-state index contributed by atoms with van der Waals surface area (Å²) < 4.78 is 53.1. The van der Waals surface area contributed by atoms with Gasteiger partial charge in [0.1, 0.15) is 0 Å². The molecule has 1 aliphatic heterocycles. The zero-order valence-corrected chi connectivity index (χ0v) is 15.7. The predicted octanol–water partition coefficient (Wildman–Crippen LogP) is 2.82. The fraction of sp³-hybridized carbons (Fsp3) is 0.263. The molecule has 0 saturated carbocycles. The molecule has 0 fully saturated rings. The Bertz CT molecular complexity index is 1010. The van der Waals surface area contributed by atoms with Crippen LogP contribution in [0.5, 0.6) is 0 Å². The van der Waals surface area contributed by atoms with Crippen LogP contribution in [0.25, 0.3) is 0 Å². The van der Waals surface area contributed by atoms with Crippen LogP contribution in [0.2, 0.25) is 0 Å². The summed E-state index contributed by atoms with van der Waals surface area (Å²) in [6, 6.07) is 11.4. The largest absolute Gasteiger partial charge is 0.449 e. The number of halogens is 2. The number of rotatable bonds is 5. The maximum atomic E-state index is 12.6. The molecule has 28 heavy (non-hydrogen) atoms. The topological polar surface area (TPSA) is 80.8 Å². The van der Waals surface area contributed by atoms with Crippen molar-refractivity contribution in [2.75, 3.05) is 11.4 Å². The second-order valence-electron chi connectivity index (χ2n) is 6.25. The third kappa shape index (κ3) is 3.75. The highest BCUT2D eigenvalue weighted by Crippen LogP contribution is 2.28. The zero-order chi connectivity index (χ0) is 20.5. The lowest BCUT2D eigenvalue weighted by atomic mass is 10.2. The van der Waals surface area contributed by atoms with Crippen molar-refractivity contribution < 1.29 is 31.5 Å². The van der Waals surface area contributed by atoms with Crippen molar-refractivity contribution in [3.05, 3.63) is 59.7 Å². The molecule has 0 saturated heterocycles. The van der Waals surface area contributed by atoms with Gasteiger partial charge in [0.2, 0.25) is 9.84 Å². The molecule has 0 bridgehead atoms. The van der Waals surface area contributed by atoms with Crippen LogP contribution in [0, 0.1) is 0 Å². The third-order valence-corrected chi connectivity index (χ3v) is 5.84. The average Bonchev–Trinajstić information content (AvgIpc) is 3.11. The lowest BCUT2D eigenvalue weighted by Crippen LogP contribution is -2.39. The van der Waals surface area contributed by atoms with Gasteiger partial charge in [-0.05, 0) is 49.2 Å². The first-order valence-electron chi connectivity index (χ1n) is 8.44. The van der Waals surface area contributed by atoms with Crippen LogP contribution < -0.4 is 4.90 Å². The molecule has 148 valence electrons. The number of carbonyl (C=O) groups excluding carboxylic acids is 2. The molecule has 0 aromatic heterocycles. The van der Waals surface area contributed by atoms with E-state index in [0.29, 0.717) is 13.0 Å². The van der Waals surface area contributed by atoms with Crippen LogP contribution in [0.3, 0.4) is 0 Å². The Kier molecular flexibility index (Phi) is 5.46. The maximum absolute atomic E-state index is 12.6. The van der Waals surface area contributed by atoms with Crippen molar-refractivity contribution in [2.45, 2.75) is 30.1 Å². The minimum atomic E-state index is -4.74. The first kappa shape index (κ1) is 19.9. The summed E-state index contributed by atoms with van der Waals surface area (Å²) in [5.41, 5.74) is 1.76.